The van der Waals surface area contributed by atoms with Crippen molar-refractivity contribution in [1.82, 2.24) is 15.2 Å². The number of hydrogen-bond acceptors (Lipinski definition) is 7. The third-order valence-corrected chi connectivity index (χ3v) is 7.24. The number of hydrogen-bond donors (Lipinski definition) is 2. The molecule has 2 heterocycles. The Labute approximate surface area is 226 Å². The van der Waals surface area contributed by atoms with Gasteiger partial charge in [0, 0.05) is 25.7 Å². The van der Waals surface area contributed by atoms with Gasteiger partial charge in [-0.2, -0.15) is 0 Å². The van der Waals surface area contributed by atoms with E-state index in [1.807, 2.05) is 4.90 Å². The van der Waals surface area contributed by atoms with Crippen LogP contribution in [0.2, 0.25) is 0 Å². The Morgan fingerprint density at radius 3 is 2.61 bits per heavy atom. The summed E-state index contributed by atoms with van der Waals surface area (Å²) in [6, 6.07) is 1.04. The van der Waals surface area contributed by atoms with Crippen LogP contribution >= 0.6 is 0 Å². The van der Waals surface area contributed by atoms with Crippen molar-refractivity contribution in [2.24, 2.45) is 11.8 Å². The molecule has 2 amide bonds. The Morgan fingerprint density at radius 2 is 1.89 bits per heavy atom. The number of esters is 1. The number of carbonyl (C=O) groups excluding carboxylic acids is 3. The fourth-order valence-corrected chi connectivity index (χ4v) is 5.34. The molecule has 0 bridgehead atoms. The Kier molecular flexibility index (Phi) is 11.4. The number of aromatic nitrogens is 1. The number of likely N-dealkylation sites (tertiary alicyclic amines) is 1. The first-order valence-corrected chi connectivity index (χ1v) is 14.1. The van der Waals surface area contributed by atoms with Crippen LogP contribution in [0.1, 0.15) is 96.6 Å². The summed E-state index contributed by atoms with van der Waals surface area (Å²) in [5.74, 6) is 0.252. The Hall–Kier alpha value is -2.68. The van der Waals surface area contributed by atoms with Crippen LogP contribution in [-0.2, 0) is 19.1 Å². The highest BCUT2D eigenvalue weighted by Crippen LogP contribution is 2.29. The molecule has 1 aliphatic carbocycles. The van der Waals surface area contributed by atoms with Crippen LogP contribution in [0.15, 0.2) is 18.5 Å². The van der Waals surface area contributed by atoms with Crippen LogP contribution in [0.3, 0.4) is 0 Å². The molecule has 9 heteroatoms. The van der Waals surface area contributed by atoms with Crippen molar-refractivity contribution in [3.05, 3.63) is 24.0 Å². The lowest BCUT2D eigenvalue weighted by Gasteiger charge is -2.33. The molecule has 3 rings (SSSR count). The molecule has 0 radical (unpaired) electrons. The molecule has 0 spiro atoms. The summed E-state index contributed by atoms with van der Waals surface area (Å²) >= 11 is 0. The molecule has 1 saturated carbocycles. The standard InChI is InChI=1S/C29H45N3O6/c1-29(2,3)38-27(35)17-25(23-16-24(19-30-18-23)37-15-14-33)31-28(36)22-10-7-13-32(20-22)26(34)12-11-21-8-5-4-6-9-21/h16,18-19,21-22,25,33H,4-15,17,20H2,1-3H3,(H,31,36)/t22-,25+/m1/s1. The van der Waals surface area contributed by atoms with Crippen LogP contribution in [0.5, 0.6) is 5.75 Å². The zero-order chi connectivity index (χ0) is 27.5. The highest BCUT2D eigenvalue weighted by atomic mass is 16.6. The van der Waals surface area contributed by atoms with E-state index in [1.54, 1.807) is 33.0 Å². The number of nitrogens with one attached hydrogen (secondary N) is 1. The summed E-state index contributed by atoms with van der Waals surface area (Å²) < 4.78 is 11.0. The molecule has 1 aromatic heterocycles. The molecule has 1 aliphatic heterocycles. The molecule has 1 aromatic rings. The predicted molar refractivity (Wildman–Crippen MR) is 143 cm³/mol. The van der Waals surface area contributed by atoms with Gasteiger partial charge >= 0.3 is 5.97 Å². The number of nitrogens with zero attached hydrogens (tertiary/aromatic N) is 2. The largest absolute Gasteiger partial charge is 0.490 e. The van der Waals surface area contributed by atoms with Crippen molar-refractivity contribution < 1.29 is 29.0 Å². The minimum Gasteiger partial charge on any atom is -0.490 e. The summed E-state index contributed by atoms with van der Waals surface area (Å²) in [6.45, 7) is 6.44. The molecule has 2 fully saturated rings. The van der Waals surface area contributed by atoms with E-state index in [0.29, 0.717) is 43.2 Å². The smallest absolute Gasteiger partial charge is 0.308 e. The SMILES string of the molecule is CC(C)(C)OC(=O)C[C@H](NC(=O)[C@@H]1CCCN(C(=O)CCC2CCCCC2)C1)c1cncc(OCCO)c1. The van der Waals surface area contributed by atoms with Crippen LogP contribution in [0.4, 0.5) is 0 Å². The van der Waals surface area contributed by atoms with Gasteiger partial charge in [0.15, 0.2) is 0 Å². The number of aliphatic hydroxyl groups is 1. The monoisotopic (exact) mass is 531 g/mol. The van der Waals surface area contributed by atoms with Gasteiger partial charge in [-0.25, -0.2) is 0 Å². The third-order valence-electron chi connectivity index (χ3n) is 7.24. The summed E-state index contributed by atoms with van der Waals surface area (Å²) in [7, 11) is 0. The van der Waals surface area contributed by atoms with Gasteiger partial charge in [0.25, 0.3) is 0 Å². The zero-order valence-corrected chi connectivity index (χ0v) is 23.2. The number of amides is 2. The fraction of sp³-hybridized carbons (Fsp3) is 0.724. The van der Waals surface area contributed by atoms with Gasteiger partial charge in [-0.1, -0.05) is 32.1 Å². The maximum atomic E-state index is 13.4. The molecule has 2 N–H and O–H groups in total. The Balaban J connectivity index is 1.64. The van der Waals surface area contributed by atoms with Crippen LogP contribution in [-0.4, -0.2) is 64.7 Å². The van der Waals surface area contributed by atoms with Gasteiger partial charge in [-0.3, -0.25) is 19.4 Å². The van der Waals surface area contributed by atoms with E-state index in [4.69, 9.17) is 14.6 Å². The van der Waals surface area contributed by atoms with Crippen molar-refractivity contribution >= 4 is 17.8 Å². The predicted octanol–water partition coefficient (Wildman–Crippen LogP) is 3.94. The van der Waals surface area contributed by atoms with E-state index in [2.05, 4.69) is 10.3 Å². The van der Waals surface area contributed by atoms with E-state index in [-0.39, 0.29) is 37.4 Å². The Morgan fingerprint density at radius 1 is 1.13 bits per heavy atom. The number of pyridine rings is 1. The lowest BCUT2D eigenvalue weighted by Crippen LogP contribution is -2.46. The van der Waals surface area contributed by atoms with E-state index in [0.717, 1.165) is 12.8 Å². The molecular weight excluding hydrogens is 486 g/mol. The average Bonchev–Trinajstić information content (AvgIpc) is 2.90. The van der Waals surface area contributed by atoms with Gasteiger partial charge in [-0.15, -0.1) is 0 Å². The van der Waals surface area contributed by atoms with Crippen molar-refractivity contribution in [3.63, 3.8) is 0 Å². The van der Waals surface area contributed by atoms with Crippen LogP contribution in [0, 0.1) is 11.8 Å². The molecule has 9 nitrogen and oxygen atoms in total. The molecular formula is C29H45N3O6. The van der Waals surface area contributed by atoms with E-state index >= 15 is 0 Å². The second kappa shape index (κ2) is 14.5. The normalized spacial score (nSPS) is 19.5. The van der Waals surface area contributed by atoms with Gasteiger partial charge < -0.3 is 24.8 Å². The van der Waals surface area contributed by atoms with Crippen molar-refractivity contribution in [3.8, 4) is 5.75 Å². The number of aliphatic hydroxyl groups excluding tert-OH is 1. The summed E-state index contributed by atoms with van der Waals surface area (Å²) in [5, 5.41) is 12.1. The maximum Gasteiger partial charge on any atom is 0.308 e. The third kappa shape index (κ3) is 9.89. The van der Waals surface area contributed by atoms with E-state index in [9.17, 15) is 14.4 Å². The van der Waals surface area contributed by atoms with Crippen molar-refractivity contribution in [1.29, 1.82) is 0 Å². The minimum atomic E-state index is -0.667. The summed E-state index contributed by atoms with van der Waals surface area (Å²) in [4.78, 5) is 45.1. The first kappa shape index (κ1) is 29.9. The number of carbonyl (C=O) groups is 3. The van der Waals surface area contributed by atoms with E-state index < -0.39 is 17.6 Å². The average molecular weight is 532 g/mol. The molecule has 2 atom stereocenters. The van der Waals surface area contributed by atoms with Crippen molar-refractivity contribution in [2.45, 2.75) is 96.6 Å². The number of rotatable bonds is 11. The summed E-state index contributed by atoms with van der Waals surface area (Å²) in [6.07, 6.45) is 12.3. The topological polar surface area (TPSA) is 118 Å². The zero-order valence-electron chi connectivity index (χ0n) is 23.2. The molecule has 0 aromatic carbocycles. The molecule has 0 unspecified atom stereocenters. The van der Waals surface area contributed by atoms with Crippen LogP contribution in [0.25, 0.3) is 0 Å². The quantitative estimate of drug-likeness (QED) is 0.415. The first-order valence-electron chi connectivity index (χ1n) is 14.1. The molecule has 38 heavy (non-hydrogen) atoms. The van der Waals surface area contributed by atoms with E-state index in [1.165, 1.54) is 38.3 Å². The minimum absolute atomic E-state index is 0.0646. The number of ether oxygens (including phenoxy) is 2. The number of piperidine rings is 1. The lowest BCUT2D eigenvalue weighted by molar-refractivity contribution is -0.155. The second-order valence-corrected chi connectivity index (χ2v) is 11.6. The van der Waals surface area contributed by atoms with Crippen LogP contribution < -0.4 is 10.1 Å². The first-order chi connectivity index (χ1) is 18.1. The van der Waals surface area contributed by atoms with Gasteiger partial charge in [0.2, 0.25) is 11.8 Å². The molecule has 1 saturated heterocycles. The highest BCUT2D eigenvalue weighted by molar-refractivity contribution is 5.82. The Bertz CT molecular complexity index is 925. The maximum absolute atomic E-state index is 13.4. The van der Waals surface area contributed by atoms with Crippen molar-refractivity contribution in [2.75, 3.05) is 26.3 Å². The van der Waals surface area contributed by atoms with Gasteiger partial charge in [-0.05, 0) is 57.6 Å². The van der Waals surface area contributed by atoms with Gasteiger partial charge in [0.1, 0.15) is 18.0 Å². The fourth-order valence-electron chi connectivity index (χ4n) is 5.34. The molecule has 212 valence electrons. The molecule has 2 aliphatic rings. The summed E-state index contributed by atoms with van der Waals surface area (Å²) in [5.41, 5.74) is -0.0476. The highest BCUT2D eigenvalue weighted by Gasteiger charge is 2.31. The van der Waals surface area contributed by atoms with Gasteiger partial charge in [0.05, 0.1) is 31.2 Å². The lowest BCUT2D eigenvalue weighted by atomic mass is 9.86. The second-order valence-electron chi connectivity index (χ2n) is 11.6.